The molecule has 0 saturated heterocycles. The zero-order valence-electron chi connectivity index (χ0n) is 14.8. The first kappa shape index (κ1) is 18.8. The van der Waals surface area contributed by atoms with Crippen LogP contribution in [0.15, 0.2) is 55.1 Å². The largest absolute Gasteiger partial charge is 0.482 e. The molecule has 6 nitrogen and oxygen atoms in total. The van der Waals surface area contributed by atoms with Crippen molar-refractivity contribution in [2.24, 2.45) is 0 Å². The molecule has 1 aliphatic rings. The molecule has 1 heterocycles. The highest BCUT2D eigenvalue weighted by atomic mass is 35.5. The number of hydrogen-bond acceptors (Lipinski definition) is 4. The van der Waals surface area contributed by atoms with Crippen molar-refractivity contribution in [1.82, 2.24) is 0 Å². The first-order chi connectivity index (χ1) is 13.0. The van der Waals surface area contributed by atoms with Gasteiger partial charge < -0.3 is 19.7 Å². The van der Waals surface area contributed by atoms with E-state index in [0.717, 1.165) is 0 Å². The molecule has 0 aromatic heterocycles. The van der Waals surface area contributed by atoms with E-state index in [9.17, 15) is 9.59 Å². The summed E-state index contributed by atoms with van der Waals surface area (Å²) in [4.78, 5) is 26.0. The Balaban J connectivity index is 1.69. The van der Waals surface area contributed by atoms with Crippen LogP contribution in [0.25, 0.3) is 0 Å². The van der Waals surface area contributed by atoms with E-state index in [1.165, 1.54) is 0 Å². The minimum absolute atomic E-state index is 0.132. The summed E-state index contributed by atoms with van der Waals surface area (Å²) in [6.45, 7) is 5.57. The molecule has 1 aliphatic heterocycles. The number of benzene rings is 2. The van der Waals surface area contributed by atoms with Crippen molar-refractivity contribution in [3.05, 3.63) is 60.1 Å². The van der Waals surface area contributed by atoms with Crippen LogP contribution in [0.2, 0.25) is 5.02 Å². The molecule has 0 spiro atoms. The fourth-order valence-electron chi connectivity index (χ4n) is 2.71. The first-order valence-electron chi connectivity index (χ1n) is 8.39. The van der Waals surface area contributed by atoms with Crippen LogP contribution < -0.4 is 19.7 Å². The van der Waals surface area contributed by atoms with Crippen molar-refractivity contribution >= 4 is 34.8 Å². The third-order valence-corrected chi connectivity index (χ3v) is 4.27. The zero-order chi connectivity index (χ0) is 19.4. The monoisotopic (exact) mass is 386 g/mol. The molecule has 2 aromatic carbocycles. The highest BCUT2D eigenvalue weighted by Gasteiger charge is 2.30. The summed E-state index contributed by atoms with van der Waals surface area (Å²) in [6, 6.07) is 12.0. The average molecular weight is 387 g/mol. The Hall–Kier alpha value is -2.99. The molecular weight excluding hydrogens is 368 g/mol. The lowest BCUT2D eigenvalue weighted by atomic mass is 10.1. The molecule has 0 aliphatic carbocycles. The molecule has 7 heteroatoms. The average Bonchev–Trinajstić information content (AvgIpc) is 2.65. The van der Waals surface area contributed by atoms with Crippen LogP contribution in [0.1, 0.15) is 6.92 Å². The topological polar surface area (TPSA) is 67.9 Å². The Morgan fingerprint density at radius 1 is 1.37 bits per heavy atom. The quantitative estimate of drug-likeness (QED) is 0.769. The second-order valence-electron chi connectivity index (χ2n) is 5.95. The molecular formula is C20H19ClN2O4. The minimum Gasteiger partial charge on any atom is -0.482 e. The third-order valence-electron chi connectivity index (χ3n) is 3.96. The Morgan fingerprint density at radius 3 is 2.89 bits per heavy atom. The summed E-state index contributed by atoms with van der Waals surface area (Å²) < 4.78 is 11.1. The van der Waals surface area contributed by atoms with Gasteiger partial charge in [0.25, 0.3) is 11.8 Å². The van der Waals surface area contributed by atoms with E-state index < -0.39 is 6.10 Å². The number of nitrogens with one attached hydrogen (secondary N) is 1. The number of anilines is 2. The number of fused-ring (bicyclic) bond motifs is 1. The number of hydrogen-bond donors (Lipinski definition) is 1. The number of carbonyl (C=O) groups excluding carboxylic acids is 2. The molecule has 27 heavy (non-hydrogen) atoms. The number of rotatable bonds is 6. The molecule has 0 fully saturated rings. The molecule has 0 saturated carbocycles. The van der Waals surface area contributed by atoms with E-state index in [0.29, 0.717) is 34.4 Å². The van der Waals surface area contributed by atoms with Crippen molar-refractivity contribution in [3.63, 3.8) is 0 Å². The van der Waals surface area contributed by atoms with E-state index in [1.807, 2.05) is 0 Å². The van der Waals surface area contributed by atoms with Crippen molar-refractivity contribution in [2.45, 2.75) is 13.0 Å². The number of halogens is 1. The van der Waals surface area contributed by atoms with Crippen LogP contribution in [0.4, 0.5) is 11.4 Å². The molecule has 0 bridgehead atoms. The molecule has 0 radical (unpaired) electrons. The fourth-order valence-corrected chi connectivity index (χ4v) is 2.90. The number of nitrogens with zero attached hydrogens (tertiary/aromatic N) is 1. The Labute approximate surface area is 162 Å². The molecule has 1 unspecified atom stereocenters. The maximum atomic E-state index is 12.2. The summed E-state index contributed by atoms with van der Waals surface area (Å²) in [6.07, 6.45) is 1.05. The number of ether oxygens (including phenoxy) is 2. The minimum atomic E-state index is -0.605. The van der Waals surface area contributed by atoms with Crippen molar-refractivity contribution in [3.8, 4) is 11.5 Å². The van der Waals surface area contributed by atoms with Crippen LogP contribution in [-0.2, 0) is 9.59 Å². The molecule has 1 atom stereocenters. The third kappa shape index (κ3) is 4.23. The van der Waals surface area contributed by atoms with Gasteiger partial charge in [0.2, 0.25) is 0 Å². The summed E-state index contributed by atoms with van der Waals surface area (Å²) in [5, 5.41) is 3.18. The standard InChI is InChI=1S/C20H19ClN2O4/c1-3-10-23-16-9-8-14(11-18(16)27-13(2)20(23)25)22-19(24)12-26-17-7-5-4-6-15(17)21/h3-9,11,13H,1,10,12H2,2H3,(H,22,24). The lowest BCUT2D eigenvalue weighted by Gasteiger charge is -2.32. The van der Waals surface area contributed by atoms with Gasteiger partial charge in [-0.2, -0.15) is 0 Å². The number of carbonyl (C=O) groups is 2. The SMILES string of the molecule is C=CCN1C(=O)C(C)Oc2cc(NC(=O)COc3ccccc3Cl)ccc21. The molecule has 2 aromatic rings. The second-order valence-corrected chi connectivity index (χ2v) is 6.35. The van der Waals surface area contributed by atoms with Gasteiger partial charge in [-0.15, -0.1) is 6.58 Å². The molecule has 1 N–H and O–H groups in total. The van der Waals surface area contributed by atoms with Crippen LogP contribution in [0, 0.1) is 0 Å². The summed E-state index contributed by atoms with van der Waals surface area (Å²) in [5.74, 6) is 0.495. The maximum absolute atomic E-state index is 12.2. The van der Waals surface area contributed by atoms with Crippen molar-refractivity contribution in [1.29, 1.82) is 0 Å². The van der Waals surface area contributed by atoms with Crippen LogP contribution in [-0.4, -0.2) is 31.1 Å². The summed E-state index contributed by atoms with van der Waals surface area (Å²) in [7, 11) is 0. The van der Waals surface area contributed by atoms with Gasteiger partial charge in [-0.25, -0.2) is 0 Å². The van der Waals surface area contributed by atoms with E-state index in [4.69, 9.17) is 21.1 Å². The predicted octanol–water partition coefficient (Wildman–Crippen LogP) is 3.66. The van der Waals surface area contributed by atoms with Gasteiger partial charge in [-0.3, -0.25) is 9.59 Å². The first-order valence-corrected chi connectivity index (χ1v) is 8.77. The van der Waals surface area contributed by atoms with Gasteiger partial charge >= 0.3 is 0 Å². The van der Waals surface area contributed by atoms with Gasteiger partial charge in [-0.05, 0) is 31.2 Å². The van der Waals surface area contributed by atoms with E-state index in [-0.39, 0.29) is 18.4 Å². The highest BCUT2D eigenvalue weighted by Crippen LogP contribution is 2.36. The molecule has 2 amide bonds. The Kier molecular flexibility index (Phi) is 5.66. The van der Waals surface area contributed by atoms with Crippen LogP contribution in [0.5, 0.6) is 11.5 Å². The lowest BCUT2D eigenvalue weighted by Crippen LogP contribution is -2.44. The highest BCUT2D eigenvalue weighted by molar-refractivity contribution is 6.32. The van der Waals surface area contributed by atoms with E-state index >= 15 is 0 Å². The molecule has 3 rings (SSSR count). The predicted molar refractivity (Wildman–Crippen MR) is 105 cm³/mol. The zero-order valence-corrected chi connectivity index (χ0v) is 15.5. The van der Waals surface area contributed by atoms with Crippen LogP contribution >= 0.6 is 11.6 Å². The summed E-state index contributed by atoms with van der Waals surface area (Å²) >= 11 is 6.00. The van der Waals surface area contributed by atoms with Crippen molar-refractivity contribution < 1.29 is 19.1 Å². The Morgan fingerprint density at radius 2 is 2.15 bits per heavy atom. The fraction of sp³-hybridized carbons (Fsp3) is 0.200. The number of para-hydroxylation sites is 1. The maximum Gasteiger partial charge on any atom is 0.268 e. The molecule has 140 valence electrons. The van der Waals surface area contributed by atoms with E-state index in [1.54, 1.807) is 60.4 Å². The summed E-state index contributed by atoms with van der Waals surface area (Å²) in [5.41, 5.74) is 1.19. The van der Waals surface area contributed by atoms with Crippen LogP contribution in [0.3, 0.4) is 0 Å². The van der Waals surface area contributed by atoms with Gasteiger partial charge in [0, 0.05) is 18.3 Å². The van der Waals surface area contributed by atoms with Gasteiger partial charge in [0.1, 0.15) is 11.5 Å². The second kappa shape index (κ2) is 8.14. The van der Waals surface area contributed by atoms with Gasteiger partial charge in [0.05, 0.1) is 10.7 Å². The lowest BCUT2D eigenvalue weighted by molar-refractivity contribution is -0.125. The van der Waals surface area contributed by atoms with Gasteiger partial charge in [-0.1, -0.05) is 29.8 Å². The van der Waals surface area contributed by atoms with Crippen molar-refractivity contribution in [2.75, 3.05) is 23.4 Å². The van der Waals surface area contributed by atoms with E-state index in [2.05, 4.69) is 11.9 Å². The van der Waals surface area contributed by atoms with Gasteiger partial charge in [0.15, 0.2) is 12.7 Å². The Bertz CT molecular complexity index is 884. The number of amides is 2. The smallest absolute Gasteiger partial charge is 0.268 e. The normalized spacial score (nSPS) is 15.6.